The fraction of sp³-hybridized carbons (Fsp3) is 0.643. The van der Waals surface area contributed by atoms with E-state index in [9.17, 15) is 8.42 Å². The molecule has 1 fully saturated rings. The van der Waals surface area contributed by atoms with E-state index in [2.05, 4.69) is 9.88 Å². The van der Waals surface area contributed by atoms with Gasteiger partial charge in [-0.05, 0) is 26.0 Å². The van der Waals surface area contributed by atoms with Gasteiger partial charge in [0, 0.05) is 45.6 Å². The van der Waals surface area contributed by atoms with Crippen LogP contribution in [0.25, 0.3) is 0 Å². The second-order valence-electron chi connectivity index (χ2n) is 5.53. The van der Waals surface area contributed by atoms with Crippen molar-refractivity contribution in [2.75, 3.05) is 33.2 Å². The third-order valence-corrected chi connectivity index (χ3v) is 5.41. The second kappa shape index (κ2) is 6.83. The van der Waals surface area contributed by atoms with Crippen LogP contribution in [0.5, 0.6) is 0 Å². The van der Waals surface area contributed by atoms with Gasteiger partial charge in [-0.25, -0.2) is 8.42 Å². The molecular formula is C14H23N3O3S. The monoisotopic (exact) mass is 313 g/mol. The van der Waals surface area contributed by atoms with Crippen LogP contribution in [0.15, 0.2) is 29.4 Å². The summed E-state index contributed by atoms with van der Waals surface area (Å²) in [5, 5.41) is 0. The van der Waals surface area contributed by atoms with Gasteiger partial charge in [-0.3, -0.25) is 9.88 Å². The summed E-state index contributed by atoms with van der Waals surface area (Å²) in [6.45, 7) is 6.92. The van der Waals surface area contributed by atoms with Gasteiger partial charge in [-0.1, -0.05) is 0 Å². The van der Waals surface area contributed by atoms with Crippen LogP contribution in [0.4, 0.5) is 0 Å². The summed E-state index contributed by atoms with van der Waals surface area (Å²) in [7, 11) is -1.85. The number of morpholine rings is 1. The highest BCUT2D eigenvalue weighted by atomic mass is 32.2. The molecule has 0 unspecified atom stereocenters. The van der Waals surface area contributed by atoms with Crippen LogP contribution >= 0.6 is 0 Å². The molecule has 0 N–H and O–H groups in total. The third kappa shape index (κ3) is 4.23. The number of pyridine rings is 1. The number of aromatic nitrogens is 1. The van der Waals surface area contributed by atoms with Crippen molar-refractivity contribution in [1.82, 2.24) is 14.2 Å². The zero-order valence-electron chi connectivity index (χ0n) is 12.8. The van der Waals surface area contributed by atoms with Crippen LogP contribution in [-0.2, 0) is 14.8 Å². The van der Waals surface area contributed by atoms with Crippen molar-refractivity contribution in [3.05, 3.63) is 24.5 Å². The van der Waals surface area contributed by atoms with E-state index in [4.69, 9.17) is 4.74 Å². The first kappa shape index (κ1) is 16.4. The van der Waals surface area contributed by atoms with E-state index in [1.165, 1.54) is 10.5 Å². The van der Waals surface area contributed by atoms with Crippen molar-refractivity contribution in [3.63, 3.8) is 0 Å². The molecule has 0 saturated carbocycles. The molecule has 7 heteroatoms. The Kier molecular flexibility index (Phi) is 5.32. The van der Waals surface area contributed by atoms with Crippen molar-refractivity contribution >= 4 is 10.0 Å². The number of sulfonamides is 1. The van der Waals surface area contributed by atoms with Gasteiger partial charge in [0.2, 0.25) is 10.0 Å². The van der Waals surface area contributed by atoms with Gasteiger partial charge < -0.3 is 4.74 Å². The summed E-state index contributed by atoms with van der Waals surface area (Å²) in [5.41, 5.74) is 0. The Morgan fingerprint density at radius 2 is 2.05 bits per heavy atom. The van der Waals surface area contributed by atoms with Crippen molar-refractivity contribution in [1.29, 1.82) is 0 Å². The average molecular weight is 313 g/mol. The number of ether oxygens (including phenoxy) is 1. The standard InChI is InChI=1S/C14H23N3O3S/c1-12-10-17(11-13(2)20-12)8-7-16(3)21(18,19)14-5-4-6-15-9-14/h4-6,9,12-13H,7-8,10-11H2,1-3H3/t12-,13+. The molecule has 0 radical (unpaired) electrons. The van der Waals surface area contributed by atoms with Gasteiger partial charge in [-0.15, -0.1) is 0 Å². The molecule has 0 aliphatic carbocycles. The van der Waals surface area contributed by atoms with Gasteiger partial charge in [0.05, 0.1) is 12.2 Å². The van der Waals surface area contributed by atoms with Crippen LogP contribution in [0.3, 0.4) is 0 Å². The Morgan fingerprint density at radius 3 is 2.62 bits per heavy atom. The Bertz CT molecular complexity index is 540. The fourth-order valence-corrected chi connectivity index (χ4v) is 3.68. The molecule has 1 aromatic heterocycles. The zero-order valence-corrected chi connectivity index (χ0v) is 13.6. The van der Waals surface area contributed by atoms with Gasteiger partial charge in [0.15, 0.2) is 0 Å². The van der Waals surface area contributed by atoms with Crippen molar-refractivity contribution in [3.8, 4) is 0 Å². The zero-order chi connectivity index (χ0) is 15.5. The Hall–Kier alpha value is -1.02. The number of nitrogens with zero attached hydrogens (tertiary/aromatic N) is 3. The van der Waals surface area contributed by atoms with Crippen LogP contribution < -0.4 is 0 Å². The highest BCUT2D eigenvalue weighted by Gasteiger charge is 2.25. The maximum Gasteiger partial charge on any atom is 0.244 e. The molecule has 6 nitrogen and oxygen atoms in total. The molecule has 0 amide bonds. The summed E-state index contributed by atoms with van der Waals surface area (Å²) < 4.78 is 31.8. The Morgan fingerprint density at radius 1 is 1.38 bits per heavy atom. The largest absolute Gasteiger partial charge is 0.373 e. The topological polar surface area (TPSA) is 62.7 Å². The Balaban J connectivity index is 1.94. The molecule has 2 atom stereocenters. The van der Waals surface area contributed by atoms with E-state index in [0.717, 1.165) is 13.1 Å². The van der Waals surface area contributed by atoms with E-state index in [-0.39, 0.29) is 17.1 Å². The lowest BCUT2D eigenvalue weighted by Gasteiger charge is -2.35. The van der Waals surface area contributed by atoms with Crippen molar-refractivity contribution in [2.24, 2.45) is 0 Å². The molecule has 2 rings (SSSR count). The molecule has 21 heavy (non-hydrogen) atoms. The first-order valence-corrected chi connectivity index (χ1v) is 8.58. The lowest BCUT2D eigenvalue weighted by atomic mass is 10.2. The first-order chi connectivity index (χ1) is 9.89. The smallest absolute Gasteiger partial charge is 0.244 e. The number of likely N-dealkylation sites (N-methyl/N-ethyl adjacent to an activating group) is 1. The molecule has 118 valence electrons. The SMILES string of the molecule is C[C@@H]1CN(CCN(C)S(=O)(=O)c2cccnc2)C[C@H](C)O1. The van der Waals surface area contributed by atoms with E-state index in [1.54, 1.807) is 25.4 Å². The molecule has 0 bridgehead atoms. The molecule has 1 aromatic rings. The maximum atomic E-state index is 12.4. The van der Waals surface area contributed by atoms with Gasteiger partial charge in [0.1, 0.15) is 4.90 Å². The van der Waals surface area contributed by atoms with Crippen LogP contribution in [-0.4, -0.2) is 68.0 Å². The number of hydrogen-bond donors (Lipinski definition) is 0. The molecule has 2 heterocycles. The van der Waals surface area contributed by atoms with Crippen molar-refractivity contribution in [2.45, 2.75) is 31.0 Å². The predicted molar refractivity (Wildman–Crippen MR) is 80.5 cm³/mol. The molecule has 1 saturated heterocycles. The summed E-state index contributed by atoms with van der Waals surface area (Å²) >= 11 is 0. The second-order valence-corrected chi connectivity index (χ2v) is 7.58. The molecular weight excluding hydrogens is 290 g/mol. The highest BCUT2D eigenvalue weighted by Crippen LogP contribution is 2.14. The minimum absolute atomic E-state index is 0.189. The minimum Gasteiger partial charge on any atom is -0.373 e. The quantitative estimate of drug-likeness (QED) is 0.805. The number of hydrogen-bond acceptors (Lipinski definition) is 5. The molecule has 0 aromatic carbocycles. The predicted octanol–water partition coefficient (Wildman–Crippen LogP) is 0.811. The summed E-state index contributed by atoms with van der Waals surface area (Å²) in [5.74, 6) is 0. The summed E-state index contributed by atoms with van der Waals surface area (Å²) in [4.78, 5) is 6.35. The lowest BCUT2D eigenvalue weighted by Crippen LogP contribution is -2.48. The first-order valence-electron chi connectivity index (χ1n) is 7.14. The van der Waals surface area contributed by atoms with E-state index >= 15 is 0 Å². The van der Waals surface area contributed by atoms with Gasteiger partial charge in [0.25, 0.3) is 0 Å². The van der Waals surface area contributed by atoms with E-state index < -0.39 is 10.0 Å². The normalized spacial score (nSPS) is 24.4. The van der Waals surface area contributed by atoms with Crippen molar-refractivity contribution < 1.29 is 13.2 Å². The minimum atomic E-state index is -3.45. The number of rotatable bonds is 5. The Labute approximate surface area is 126 Å². The molecule has 1 aliphatic rings. The van der Waals surface area contributed by atoms with Crippen LogP contribution in [0.1, 0.15) is 13.8 Å². The van der Waals surface area contributed by atoms with Crippen LogP contribution in [0, 0.1) is 0 Å². The molecule has 1 aliphatic heterocycles. The molecule has 0 spiro atoms. The highest BCUT2D eigenvalue weighted by molar-refractivity contribution is 7.89. The van der Waals surface area contributed by atoms with Crippen LogP contribution in [0.2, 0.25) is 0 Å². The van der Waals surface area contributed by atoms with E-state index in [1.807, 2.05) is 13.8 Å². The maximum absolute atomic E-state index is 12.4. The fourth-order valence-electron chi connectivity index (χ4n) is 2.55. The van der Waals surface area contributed by atoms with E-state index in [0.29, 0.717) is 13.1 Å². The lowest BCUT2D eigenvalue weighted by molar-refractivity contribution is -0.0681. The third-order valence-electron chi connectivity index (χ3n) is 3.57. The average Bonchev–Trinajstić information content (AvgIpc) is 2.44. The summed E-state index contributed by atoms with van der Waals surface area (Å²) in [6.07, 6.45) is 3.32. The summed E-state index contributed by atoms with van der Waals surface area (Å²) in [6, 6.07) is 3.20. The van der Waals surface area contributed by atoms with Gasteiger partial charge in [-0.2, -0.15) is 4.31 Å². The van der Waals surface area contributed by atoms with Gasteiger partial charge >= 0.3 is 0 Å².